The second-order valence-electron chi connectivity index (χ2n) is 6.99. The molecule has 2 rings (SSSR count). The van der Waals surface area contributed by atoms with Gasteiger partial charge in [0.25, 0.3) is 0 Å². The molecular weight excluding hydrogens is 324 g/mol. The van der Waals surface area contributed by atoms with Gasteiger partial charge < -0.3 is 15.0 Å². The standard InChI is InChI=1S/C22H30N2O2/c1-16(2)24(15-20-9-7-6-8-10-20)22(25)23-11-12-26-21-14-18(4)17(3)13-19(21)5/h6-10,13-14,16H,11-12,15H2,1-5H3,(H,23,25). The molecule has 0 bridgehead atoms. The zero-order chi connectivity index (χ0) is 19.1. The van der Waals surface area contributed by atoms with Gasteiger partial charge in [-0.15, -0.1) is 0 Å². The lowest BCUT2D eigenvalue weighted by Gasteiger charge is -2.27. The van der Waals surface area contributed by atoms with Crippen LogP contribution in [0.15, 0.2) is 42.5 Å². The van der Waals surface area contributed by atoms with E-state index in [0.717, 1.165) is 16.9 Å². The fourth-order valence-corrected chi connectivity index (χ4v) is 2.78. The minimum Gasteiger partial charge on any atom is -0.491 e. The molecule has 0 unspecified atom stereocenters. The predicted molar refractivity (Wildman–Crippen MR) is 107 cm³/mol. The Morgan fingerprint density at radius 2 is 1.69 bits per heavy atom. The predicted octanol–water partition coefficient (Wildman–Crippen LogP) is 4.61. The van der Waals surface area contributed by atoms with Crippen LogP contribution in [-0.2, 0) is 6.54 Å². The van der Waals surface area contributed by atoms with Crippen LogP contribution >= 0.6 is 0 Å². The summed E-state index contributed by atoms with van der Waals surface area (Å²) in [4.78, 5) is 14.4. The maximum atomic E-state index is 12.5. The zero-order valence-electron chi connectivity index (χ0n) is 16.5. The average molecular weight is 354 g/mol. The lowest BCUT2D eigenvalue weighted by Crippen LogP contribution is -2.44. The fraction of sp³-hybridized carbons (Fsp3) is 0.409. The van der Waals surface area contributed by atoms with Crippen LogP contribution in [0, 0.1) is 20.8 Å². The Morgan fingerprint density at radius 3 is 2.35 bits per heavy atom. The number of hydrogen-bond donors (Lipinski definition) is 1. The largest absolute Gasteiger partial charge is 0.491 e. The van der Waals surface area contributed by atoms with Crippen molar-refractivity contribution in [2.75, 3.05) is 13.2 Å². The molecule has 0 saturated heterocycles. The van der Waals surface area contributed by atoms with E-state index in [1.165, 1.54) is 11.1 Å². The van der Waals surface area contributed by atoms with Crippen LogP contribution in [0.5, 0.6) is 5.75 Å². The van der Waals surface area contributed by atoms with Crippen molar-refractivity contribution in [2.45, 2.75) is 47.2 Å². The van der Waals surface area contributed by atoms with Crippen LogP contribution in [-0.4, -0.2) is 30.1 Å². The molecule has 0 aromatic heterocycles. The molecule has 0 aliphatic heterocycles. The number of nitrogens with one attached hydrogen (secondary N) is 1. The lowest BCUT2D eigenvalue weighted by molar-refractivity contribution is 0.177. The van der Waals surface area contributed by atoms with Gasteiger partial charge >= 0.3 is 6.03 Å². The molecule has 0 fully saturated rings. The van der Waals surface area contributed by atoms with Crippen LogP contribution in [0.3, 0.4) is 0 Å². The van der Waals surface area contributed by atoms with Gasteiger partial charge in [-0.25, -0.2) is 4.79 Å². The van der Waals surface area contributed by atoms with Crippen molar-refractivity contribution in [3.05, 3.63) is 64.7 Å². The third-order valence-corrected chi connectivity index (χ3v) is 4.51. The molecule has 0 saturated carbocycles. The Bertz CT molecular complexity index is 726. The normalized spacial score (nSPS) is 10.7. The van der Waals surface area contributed by atoms with E-state index in [2.05, 4.69) is 31.3 Å². The van der Waals surface area contributed by atoms with Crippen LogP contribution in [0.4, 0.5) is 4.79 Å². The molecule has 26 heavy (non-hydrogen) atoms. The Hall–Kier alpha value is -2.49. The molecule has 4 nitrogen and oxygen atoms in total. The van der Waals surface area contributed by atoms with Gasteiger partial charge in [-0.2, -0.15) is 0 Å². The van der Waals surface area contributed by atoms with E-state index in [1.807, 2.05) is 56.0 Å². The number of nitrogens with zero attached hydrogens (tertiary/aromatic N) is 1. The molecule has 0 radical (unpaired) electrons. The molecule has 2 aromatic carbocycles. The third kappa shape index (κ3) is 5.51. The molecule has 0 atom stereocenters. The van der Waals surface area contributed by atoms with Gasteiger partial charge in [-0.3, -0.25) is 0 Å². The molecule has 2 amide bonds. The second kappa shape index (κ2) is 9.27. The molecule has 0 heterocycles. The van der Waals surface area contributed by atoms with Crippen molar-refractivity contribution in [2.24, 2.45) is 0 Å². The number of ether oxygens (including phenoxy) is 1. The molecule has 140 valence electrons. The van der Waals surface area contributed by atoms with Crippen molar-refractivity contribution in [1.29, 1.82) is 0 Å². The molecule has 4 heteroatoms. The van der Waals surface area contributed by atoms with Crippen LogP contribution < -0.4 is 10.1 Å². The van der Waals surface area contributed by atoms with Crippen LogP contribution in [0.2, 0.25) is 0 Å². The zero-order valence-corrected chi connectivity index (χ0v) is 16.5. The van der Waals surface area contributed by atoms with E-state index < -0.39 is 0 Å². The summed E-state index contributed by atoms with van der Waals surface area (Å²) in [7, 11) is 0. The highest BCUT2D eigenvalue weighted by Crippen LogP contribution is 2.22. The second-order valence-corrected chi connectivity index (χ2v) is 6.99. The van der Waals surface area contributed by atoms with Crippen molar-refractivity contribution in [3.63, 3.8) is 0 Å². The maximum Gasteiger partial charge on any atom is 0.318 e. The van der Waals surface area contributed by atoms with Gasteiger partial charge in [-0.1, -0.05) is 36.4 Å². The van der Waals surface area contributed by atoms with Crippen LogP contribution in [0.25, 0.3) is 0 Å². The first-order valence-corrected chi connectivity index (χ1v) is 9.17. The third-order valence-electron chi connectivity index (χ3n) is 4.51. The maximum absolute atomic E-state index is 12.5. The van der Waals surface area contributed by atoms with Gasteiger partial charge in [0.15, 0.2) is 0 Å². The van der Waals surface area contributed by atoms with E-state index in [-0.39, 0.29) is 12.1 Å². The van der Waals surface area contributed by atoms with Crippen LogP contribution in [0.1, 0.15) is 36.1 Å². The lowest BCUT2D eigenvalue weighted by atomic mass is 10.1. The number of carbonyl (C=O) groups is 1. The number of hydrogen-bond acceptors (Lipinski definition) is 2. The molecule has 2 aromatic rings. The highest BCUT2D eigenvalue weighted by Gasteiger charge is 2.16. The smallest absolute Gasteiger partial charge is 0.318 e. The van der Waals surface area contributed by atoms with Gasteiger partial charge in [-0.05, 0) is 62.9 Å². The Morgan fingerprint density at radius 1 is 1.04 bits per heavy atom. The number of urea groups is 1. The highest BCUT2D eigenvalue weighted by molar-refractivity contribution is 5.74. The number of rotatable bonds is 7. The minimum atomic E-state index is -0.0655. The summed E-state index contributed by atoms with van der Waals surface area (Å²) in [6.07, 6.45) is 0. The molecular formula is C22H30N2O2. The summed E-state index contributed by atoms with van der Waals surface area (Å²) in [6.45, 7) is 11.8. The Labute approximate surface area is 157 Å². The molecule has 0 spiro atoms. The van der Waals surface area contributed by atoms with Crippen molar-refractivity contribution in [3.8, 4) is 5.75 Å². The van der Waals surface area contributed by atoms with E-state index >= 15 is 0 Å². The fourth-order valence-electron chi connectivity index (χ4n) is 2.78. The summed E-state index contributed by atoms with van der Waals surface area (Å²) in [5.41, 5.74) is 4.71. The van der Waals surface area contributed by atoms with Crippen molar-refractivity contribution >= 4 is 6.03 Å². The van der Waals surface area contributed by atoms with Crippen molar-refractivity contribution in [1.82, 2.24) is 10.2 Å². The van der Waals surface area contributed by atoms with Gasteiger partial charge in [0.2, 0.25) is 0 Å². The first-order valence-electron chi connectivity index (χ1n) is 9.17. The average Bonchev–Trinajstić information content (AvgIpc) is 2.61. The highest BCUT2D eigenvalue weighted by atomic mass is 16.5. The van der Waals surface area contributed by atoms with Gasteiger partial charge in [0.1, 0.15) is 12.4 Å². The topological polar surface area (TPSA) is 41.6 Å². The van der Waals surface area contributed by atoms with E-state index in [1.54, 1.807) is 0 Å². The monoisotopic (exact) mass is 354 g/mol. The van der Waals surface area contributed by atoms with E-state index in [9.17, 15) is 4.79 Å². The summed E-state index contributed by atoms with van der Waals surface area (Å²) in [5, 5.41) is 2.96. The molecule has 0 aliphatic rings. The molecule has 0 aliphatic carbocycles. The summed E-state index contributed by atoms with van der Waals surface area (Å²) in [6, 6.07) is 14.3. The Balaban J connectivity index is 1.85. The minimum absolute atomic E-state index is 0.0655. The number of carbonyl (C=O) groups excluding carboxylic acids is 1. The summed E-state index contributed by atoms with van der Waals surface area (Å²) >= 11 is 0. The Kier molecular flexibility index (Phi) is 7.07. The van der Waals surface area contributed by atoms with E-state index in [4.69, 9.17) is 4.74 Å². The first kappa shape index (κ1) is 19.8. The summed E-state index contributed by atoms with van der Waals surface area (Å²) in [5.74, 6) is 0.882. The van der Waals surface area contributed by atoms with Gasteiger partial charge in [0, 0.05) is 12.6 Å². The number of amides is 2. The summed E-state index contributed by atoms with van der Waals surface area (Å²) < 4.78 is 5.85. The first-order chi connectivity index (χ1) is 12.4. The molecule has 1 N–H and O–H groups in total. The SMILES string of the molecule is Cc1cc(C)c(OCCNC(=O)N(Cc2ccccc2)C(C)C)cc1C. The quantitative estimate of drug-likeness (QED) is 0.738. The number of aryl methyl sites for hydroxylation is 3. The number of benzene rings is 2. The van der Waals surface area contributed by atoms with Crippen molar-refractivity contribution < 1.29 is 9.53 Å². The van der Waals surface area contributed by atoms with E-state index in [0.29, 0.717) is 19.7 Å². The van der Waals surface area contributed by atoms with Gasteiger partial charge in [0.05, 0.1) is 6.54 Å².